The van der Waals surface area contributed by atoms with Crippen LogP contribution in [0.2, 0.25) is 0 Å². The number of H-pyrrole nitrogens is 2. The molecule has 3 aromatic heterocycles. The monoisotopic (exact) mass is 566 g/mol. The van der Waals surface area contributed by atoms with Gasteiger partial charge >= 0.3 is 0 Å². The minimum atomic E-state index is -0.293. The highest BCUT2D eigenvalue weighted by atomic mass is 19.1. The van der Waals surface area contributed by atoms with Crippen LogP contribution in [0.5, 0.6) is 0 Å². The third-order valence-corrected chi connectivity index (χ3v) is 7.22. The van der Waals surface area contributed by atoms with Crippen molar-refractivity contribution in [3.63, 3.8) is 0 Å². The first-order valence-electron chi connectivity index (χ1n) is 14.0. The van der Waals surface area contributed by atoms with Gasteiger partial charge in [0.2, 0.25) is 0 Å². The normalized spacial score (nSPS) is 11.6. The maximum atomic E-state index is 14.3. The van der Waals surface area contributed by atoms with Gasteiger partial charge in [-0.25, -0.2) is 9.37 Å². The average Bonchev–Trinajstić information content (AvgIpc) is 3.58. The van der Waals surface area contributed by atoms with E-state index in [1.54, 1.807) is 12.3 Å². The Balaban J connectivity index is 1.31. The molecule has 212 valence electrons. The lowest BCUT2D eigenvalue weighted by Gasteiger charge is -2.11. The number of aromatic nitrogens is 5. The fourth-order valence-corrected chi connectivity index (χ4v) is 5.29. The molecule has 0 aliphatic carbocycles. The molecule has 0 aliphatic rings. The molecule has 6 nitrogen and oxygen atoms in total. The van der Waals surface area contributed by atoms with Crippen molar-refractivity contribution >= 4 is 22.2 Å². The van der Waals surface area contributed by atoms with Crippen molar-refractivity contribution in [3.8, 4) is 22.6 Å². The second-order valence-electron chi connectivity index (χ2n) is 10.6. The molecule has 0 amide bonds. The second-order valence-corrected chi connectivity index (χ2v) is 10.6. The van der Waals surface area contributed by atoms with Crippen LogP contribution in [-0.2, 0) is 6.42 Å². The first kappa shape index (κ1) is 27.6. The van der Waals surface area contributed by atoms with Crippen LogP contribution in [0.3, 0.4) is 0 Å². The summed E-state index contributed by atoms with van der Waals surface area (Å²) in [4.78, 5) is 12.8. The summed E-state index contributed by atoms with van der Waals surface area (Å²) in [5.41, 5.74) is 10.4. The van der Waals surface area contributed by atoms with Crippen molar-refractivity contribution in [2.75, 3.05) is 5.32 Å². The van der Waals surface area contributed by atoms with Gasteiger partial charge in [0.1, 0.15) is 11.5 Å². The van der Waals surface area contributed by atoms with Crippen molar-refractivity contribution in [1.29, 1.82) is 0 Å². The van der Waals surface area contributed by atoms with Crippen molar-refractivity contribution in [2.24, 2.45) is 0 Å². The lowest BCUT2D eigenvalue weighted by atomic mass is 9.99. The van der Waals surface area contributed by atoms with Gasteiger partial charge in [-0.15, -0.1) is 0 Å². The number of fused-ring (bicyclic) bond motifs is 1. The number of nitrogens with one attached hydrogen (secondary N) is 3. The molecule has 3 aromatic carbocycles. The first-order valence-corrected chi connectivity index (χ1v) is 14.0. The molecule has 6 rings (SSSR count). The van der Waals surface area contributed by atoms with E-state index in [9.17, 15) is 4.39 Å². The molecule has 0 aliphatic heterocycles. The van der Waals surface area contributed by atoms with Gasteiger partial charge < -0.3 is 10.3 Å². The number of hydrogen-bond donors (Lipinski definition) is 3. The number of hydrogen-bond acceptors (Lipinski definition) is 4. The Bertz CT molecular complexity index is 1980. The zero-order valence-electron chi connectivity index (χ0n) is 24.1. The summed E-state index contributed by atoms with van der Waals surface area (Å²) in [5.74, 6) is 0.322. The average molecular weight is 567 g/mol. The standard InChI is InChI=1S/C36H31FN6/c1-5-9-31(27-14-22(2)15-29(37)17-27)34-24(4)40-36(41-34)35-32-19-26(12-13-33(32)42-43-35)28-18-30(21-38-20-28)39-23(3)16-25-10-7-6-8-11-25/h5-15,17-21,39H,1,3,16H2,2,4H3,(H,40,41)(H,42,43)/b31-9-. The van der Waals surface area contributed by atoms with Gasteiger partial charge in [0.05, 0.1) is 23.1 Å². The molecule has 0 bridgehead atoms. The zero-order valence-corrected chi connectivity index (χ0v) is 24.1. The van der Waals surface area contributed by atoms with Crippen LogP contribution in [0.1, 0.15) is 28.1 Å². The van der Waals surface area contributed by atoms with E-state index in [1.807, 2.05) is 62.5 Å². The summed E-state index contributed by atoms with van der Waals surface area (Å²) in [6.45, 7) is 11.9. The number of pyridine rings is 1. The molecule has 3 heterocycles. The molecule has 0 spiro atoms. The van der Waals surface area contributed by atoms with Crippen LogP contribution >= 0.6 is 0 Å². The molecule has 3 N–H and O–H groups in total. The maximum absolute atomic E-state index is 14.3. The van der Waals surface area contributed by atoms with Crippen LogP contribution in [0.4, 0.5) is 10.1 Å². The van der Waals surface area contributed by atoms with Gasteiger partial charge in [0, 0.05) is 40.5 Å². The number of rotatable bonds is 9. The van der Waals surface area contributed by atoms with Crippen LogP contribution in [0.25, 0.3) is 39.1 Å². The number of benzene rings is 3. The summed E-state index contributed by atoms with van der Waals surface area (Å²) < 4.78 is 14.3. The third-order valence-electron chi connectivity index (χ3n) is 7.22. The fourth-order valence-electron chi connectivity index (χ4n) is 5.29. The highest BCUT2D eigenvalue weighted by molar-refractivity contribution is 5.95. The second kappa shape index (κ2) is 11.7. The molecule has 0 saturated carbocycles. The minimum Gasteiger partial charge on any atom is -0.358 e. The van der Waals surface area contributed by atoms with Gasteiger partial charge in [0.15, 0.2) is 5.82 Å². The molecule has 0 atom stereocenters. The van der Waals surface area contributed by atoms with E-state index in [0.29, 0.717) is 17.2 Å². The number of halogens is 1. The molecule has 0 fully saturated rings. The van der Waals surface area contributed by atoms with Crippen LogP contribution < -0.4 is 5.32 Å². The summed E-state index contributed by atoms with van der Waals surface area (Å²) in [7, 11) is 0. The predicted molar refractivity (Wildman–Crippen MR) is 173 cm³/mol. The molecule has 0 radical (unpaired) electrons. The number of imidazole rings is 1. The number of nitrogens with zero attached hydrogens (tertiary/aromatic N) is 3. The van der Waals surface area contributed by atoms with Gasteiger partial charge in [-0.3, -0.25) is 10.1 Å². The first-order chi connectivity index (χ1) is 20.9. The lowest BCUT2D eigenvalue weighted by Crippen LogP contribution is -2.02. The van der Waals surface area contributed by atoms with Crippen molar-refractivity contribution < 1.29 is 4.39 Å². The van der Waals surface area contributed by atoms with Crippen molar-refractivity contribution in [3.05, 3.63) is 150 Å². The van der Waals surface area contributed by atoms with Crippen LogP contribution in [0.15, 0.2) is 116 Å². The molecular weight excluding hydrogens is 535 g/mol. The van der Waals surface area contributed by atoms with Crippen LogP contribution in [0, 0.1) is 19.7 Å². The maximum Gasteiger partial charge on any atom is 0.159 e. The quantitative estimate of drug-likeness (QED) is 0.153. The Hall–Kier alpha value is -5.56. The fraction of sp³-hybridized carbons (Fsp3) is 0.0833. The van der Waals surface area contributed by atoms with Crippen molar-refractivity contribution in [1.82, 2.24) is 25.1 Å². The van der Waals surface area contributed by atoms with E-state index in [2.05, 4.69) is 62.9 Å². The Morgan fingerprint density at radius 1 is 0.977 bits per heavy atom. The summed E-state index contributed by atoms with van der Waals surface area (Å²) in [5, 5.41) is 12.0. The minimum absolute atomic E-state index is 0.293. The Morgan fingerprint density at radius 2 is 1.81 bits per heavy atom. The van der Waals surface area contributed by atoms with E-state index >= 15 is 0 Å². The molecular formula is C36H31FN6. The molecule has 7 heteroatoms. The van der Waals surface area contributed by atoms with Gasteiger partial charge in [-0.1, -0.05) is 67.8 Å². The van der Waals surface area contributed by atoms with E-state index in [0.717, 1.165) is 62.2 Å². The number of allylic oxidation sites excluding steroid dienone is 3. The summed E-state index contributed by atoms with van der Waals surface area (Å²) >= 11 is 0. The van der Waals surface area contributed by atoms with E-state index in [1.165, 1.54) is 17.7 Å². The molecule has 43 heavy (non-hydrogen) atoms. The molecule has 0 unspecified atom stereocenters. The topological polar surface area (TPSA) is 82.3 Å². The van der Waals surface area contributed by atoms with E-state index in [4.69, 9.17) is 4.98 Å². The molecule has 6 aromatic rings. The largest absolute Gasteiger partial charge is 0.358 e. The molecule has 0 saturated heterocycles. The van der Waals surface area contributed by atoms with Crippen LogP contribution in [-0.4, -0.2) is 25.1 Å². The summed E-state index contributed by atoms with van der Waals surface area (Å²) in [6.07, 6.45) is 7.90. The highest BCUT2D eigenvalue weighted by Gasteiger charge is 2.19. The van der Waals surface area contributed by atoms with E-state index in [-0.39, 0.29) is 5.82 Å². The third kappa shape index (κ3) is 5.92. The number of anilines is 1. The highest BCUT2D eigenvalue weighted by Crippen LogP contribution is 2.33. The van der Waals surface area contributed by atoms with Gasteiger partial charge in [-0.2, -0.15) is 5.10 Å². The number of aromatic amines is 2. The Morgan fingerprint density at radius 3 is 2.60 bits per heavy atom. The van der Waals surface area contributed by atoms with E-state index < -0.39 is 0 Å². The van der Waals surface area contributed by atoms with Gasteiger partial charge in [0.25, 0.3) is 0 Å². The SMILES string of the molecule is C=C/C=C(/c1cc(C)cc(F)c1)c1nc(-c2n[nH]c3ccc(-c4cncc(NC(=C)Cc5ccccc5)c4)cc23)[nH]c1C. The Labute approximate surface area is 249 Å². The smallest absolute Gasteiger partial charge is 0.159 e. The summed E-state index contributed by atoms with van der Waals surface area (Å²) in [6, 6.07) is 23.4. The van der Waals surface area contributed by atoms with Crippen molar-refractivity contribution in [2.45, 2.75) is 20.3 Å². The zero-order chi connectivity index (χ0) is 29.9. The van der Waals surface area contributed by atoms with Gasteiger partial charge in [-0.05, 0) is 66.4 Å². The lowest BCUT2D eigenvalue weighted by molar-refractivity contribution is 0.626. The predicted octanol–water partition coefficient (Wildman–Crippen LogP) is 8.56. The number of aryl methyl sites for hydroxylation is 2. The Kier molecular flexibility index (Phi) is 7.54.